The first kappa shape index (κ1) is 12.6. The fourth-order valence-corrected chi connectivity index (χ4v) is 2.03. The van der Waals surface area contributed by atoms with Gasteiger partial charge in [-0.25, -0.2) is 9.89 Å². The number of nitrogens with one attached hydrogen (secondary N) is 1. The average Bonchev–Trinajstić information content (AvgIpc) is 2.28. The Bertz CT molecular complexity index is 682. The summed E-state index contributed by atoms with van der Waals surface area (Å²) in [6, 6.07) is 4.55. The number of carbonyl (C=O) groups is 1. The molecular formula is C11H6Cl2N2O3. The van der Waals surface area contributed by atoms with E-state index in [4.69, 9.17) is 28.3 Å². The van der Waals surface area contributed by atoms with Crippen molar-refractivity contribution in [3.63, 3.8) is 0 Å². The summed E-state index contributed by atoms with van der Waals surface area (Å²) in [6.07, 6.45) is 1.24. The number of carboxylic acid groups (broad SMARTS) is 1. The number of hydrogen-bond donors (Lipinski definition) is 2. The number of H-pyrrole nitrogens is 1. The molecule has 0 bridgehead atoms. The molecular weight excluding hydrogens is 279 g/mol. The van der Waals surface area contributed by atoms with Crippen molar-refractivity contribution in [1.82, 2.24) is 10.2 Å². The average molecular weight is 285 g/mol. The summed E-state index contributed by atoms with van der Waals surface area (Å²) in [5.74, 6) is -1.35. The van der Waals surface area contributed by atoms with Crippen LogP contribution >= 0.6 is 23.2 Å². The number of halogens is 2. The lowest BCUT2D eigenvalue weighted by Gasteiger charge is -2.06. The number of aromatic nitrogens is 2. The van der Waals surface area contributed by atoms with Crippen molar-refractivity contribution >= 4 is 29.2 Å². The Morgan fingerprint density at radius 2 is 2.00 bits per heavy atom. The first-order chi connectivity index (χ1) is 8.50. The zero-order chi connectivity index (χ0) is 13.3. The van der Waals surface area contributed by atoms with Crippen LogP contribution in [0.4, 0.5) is 0 Å². The van der Waals surface area contributed by atoms with Crippen LogP contribution in [0.25, 0.3) is 11.1 Å². The highest BCUT2D eigenvalue weighted by atomic mass is 35.5. The van der Waals surface area contributed by atoms with E-state index in [1.165, 1.54) is 18.3 Å². The van der Waals surface area contributed by atoms with Crippen molar-refractivity contribution in [2.24, 2.45) is 0 Å². The fraction of sp³-hybridized carbons (Fsp3) is 0. The number of aromatic amines is 1. The number of benzene rings is 1. The van der Waals surface area contributed by atoms with E-state index < -0.39 is 17.1 Å². The van der Waals surface area contributed by atoms with Gasteiger partial charge in [0.2, 0.25) is 0 Å². The van der Waals surface area contributed by atoms with Crippen LogP contribution in [-0.4, -0.2) is 21.3 Å². The molecule has 5 nitrogen and oxygen atoms in total. The van der Waals surface area contributed by atoms with E-state index in [1.54, 1.807) is 6.07 Å². The zero-order valence-corrected chi connectivity index (χ0v) is 10.3. The molecule has 1 aromatic carbocycles. The van der Waals surface area contributed by atoms with Crippen LogP contribution in [0.1, 0.15) is 10.4 Å². The maximum atomic E-state index is 11.5. The molecule has 1 aromatic heterocycles. The second-order valence-electron chi connectivity index (χ2n) is 3.42. The molecule has 0 unspecified atom stereocenters. The van der Waals surface area contributed by atoms with Crippen molar-refractivity contribution in [2.75, 3.05) is 0 Å². The SMILES string of the molecule is O=C(O)c1c(-c2ccc(Cl)cc2Cl)cn[nH]c1=O. The minimum atomic E-state index is -1.35. The Morgan fingerprint density at radius 3 is 2.61 bits per heavy atom. The molecule has 0 fully saturated rings. The molecule has 0 saturated heterocycles. The van der Waals surface area contributed by atoms with Gasteiger partial charge in [0.1, 0.15) is 5.56 Å². The molecule has 0 saturated carbocycles. The third kappa shape index (κ3) is 2.23. The molecule has 2 N–H and O–H groups in total. The lowest BCUT2D eigenvalue weighted by atomic mass is 10.0. The molecule has 92 valence electrons. The largest absolute Gasteiger partial charge is 0.477 e. The van der Waals surface area contributed by atoms with Crippen molar-refractivity contribution in [3.8, 4) is 11.1 Å². The molecule has 0 aliphatic heterocycles. The molecule has 0 spiro atoms. The molecule has 2 rings (SSSR count). The second-order valence-corrected chi connectivity index (χ2v) is 4.26. The number of nitrogens with zero attached hydrogens (tertiary/aromatic N) is 1. The van der Waals surface area contributed by atoms with Gasteiger partial charge in [-0.15, -0.1) is 0 Å². The monoisotopic (exact) mass is 284 g/mol. The van der Waals surface area contributed by atoms with Gasteiger partial charge in [-0.05, 0) is 12.1 Å². The van der Waals surface area contributed by atoms with Gasteiger partial charge in [0, 0.05) is 21.2 Å². The van der Waals surface area contributed by atoms with Gasteiger partial charge in [0.25, 0.3) is 5.56 Å². The van der Waals surface area contributed by atoms with E-state index in [0.717, 1.165) is 0 Å². The van der Waals surface area contributed by atoms with Crippen molar-refractivity contribution in [3.05, 3.63) is 50.4 Å². The Morgan fingerprint density at radius 1 is 1.28 bits per heavy atom. The highest BCUT2D eigenvalue weighted by Crippen LogP contribution is 2.30. The van der Waals surface area contributed by atoms with E-state index in [1.807, 2.05) is 0 Å². The van der Waals surface area contributed by atoms with Crippen LogP contribution in [-0.2, 0) is 0 Å². The Hall–Kier alpha value is -1.85. The van der Waals surface area contributed by atoms with Crippen molar-refractivity contribution in [1.29, 1.82) is 0 Å². The second kappa shape index (κ2) is 4.80. The molecule has 0 amide bonds. The highest BCUT2D eigenvalue weighted by Gasteiger charge is 2.18. The van der Waals surface area contributed by atoms with Gasteiger partial charge in [0.05, 0.1) is 6.20 Å². The van der Waals surface area contributed by atoms with Crippen molar-refractivity contribution < 1.29 is 9.90 Å². The first-order valence-corrected chi connectivity index (χ1v) is 5.52. The minimum Gasteiger partial charge on any atom is -0.477 e. The Kier molecular flexibility index (Phi) is 3.36. The predicted molar refractivity (Wildman–Crippen MR) is 67.3 cm³/mol. The lowest BCUT2D eigenvalue weighted by molar-refractivity contribution is 0.0695. The van der Waals surface area contributed by atoms with Gasteiger partial charge >= 0.3 is 5.97 Å². The Labute approximate surface area is 111 Å². The molecule has 0 atom stereocenters. The van der Waals surface area contributed by atoms with Gasteiger partial charge in [-0.3, -0.25) is 4.79 Å². The highest BCUT2D eigenvalue weighted by molar-refractivity contribution is 6.36. The summed E-state index contributed by atoms with van der Waals surface area (Å²) in [5, 5.41) is 15.3. The third-order valence-corrected chi connectivity index (χ3v) is 2.84. The predicted octanol–water partition coefficient (Wildman–Crippen LogP) is 2.44. The summed E-state index contributed by atoms with van der Waals surface area (Å²) in [6.45, 7) is 0. The normalized spacial score (nSPS) is 10.3. The van der Waals surface area contributed by atoms with Crippen molar-refractivity contribution in [2.45, 2.75) is 0 Å². The maximum absolute atomic E-state index is 11.5. The van der Waals surface area contributed by atoms with Crippen LogP contribution in [0, 0.1) is 0 Å². The molecule has 1 heterocycles. The molecule has 0 aliphatic carbocycles. The minimum absolute atomic E-state index is 0.146. The Balaban J connectivity index is 2.75. The summed E-state index contributed by atoms with van der Waals surface area (Å²) >= 11 is 11.7. The van der Waals surface area contributed by atoms with E-state index >= 15 is 0 Å². The number of aromatic carboxylic acids is 1. The lowest BCUT2D eigenvalue weighted by Crippen LogP contribution is -2.19. The van der Waals surface area contributed by atoms with Crippen LogP contribution < -0.4 is 5.56 Å². The molecule has 0 aliphatic rings. The van der Waals surface area contributed by atoms with Crippen LogP contribution in [0.3, 0.4) is 0 Å². The van der Waals surface area contributed by atoms with Crippen LogP contribution in [0.5, 0.6) is 0 Å². The third-order valence-electron chi connectivity index (χ3n) is 2.29. The van der Waals surface area contributed by atoms with Crippen LogP contribution in [0.2, 0.25) is 10.0 Å². The van der Waals surface area contributed by atoms with Gasteiger partial charge in [-0.1, -0.05) is 29.3 Å². The summed E-state index contributed by atoms with van der Waals surface area (Å²) < 4.78 is 0. The quantitative estimate of drug-likeness (QED) is 0.887. The topological polar surface area (TPSA) is 83.0 Å². The van der Waals surface area contributed by atoms with E-state index in [9.17, 15) is 9.59 Å². The summed E-state index contributed by atoms with van der Waals surface area (Å²) in [4.78, 5) is 22.5. The standard InChI is InChI=1S/C11H6Cl2N2O3/c12-5-1-2-6(8(13)3-5)7-4-14-15-10(16)9(7)11(17)18/h1-4H,(H,15,16)(H,17,18). The number of hydrogen-bond acceptors (Lipinski definition) is 3. The number of carboxylic acids is 1. The summed E-state index contributed by atoms with van der Waals surface area (Å²) in [5.41, 5.74) is -0.662. The van der Waals surface area contributed by atoms with E-state index in [2.05, 4.69) is 10.2 Å². The molecule has 18 heavy (non-hydrogen) atoms. The van der Waals surface area contributed by atoms with Gasteiger partial charge < -0.3 is 5.11 Å². The number of rotatable bonds is 2. The molecule has 0 radical (unpaired) electrons. The fourth-order valence-electron chi connectivity index (χ4n) is 1.52. The first-order valence-electron chi connectivity index (χ1n) is 4.77. The van der Waals surface area contributed by atoms with E-state index in [-0.39, 0.29) is 10.6 Å². The summed E-state index contributed by atoms with van der Waals surface area (Å²) in [7, 11) is 0. The smallest absolute Gasteiger partial charge is 0.342 e. The van der Waals surface area contributed by atoms with Gasteiger partial charge in [0.15, 0.2) is 0 Å². The zero-order valence-electron chi connectivity index (χ0n) is 8.78. The molecule has 7 heteroatoms. The van der Waals surface area contributed by atoms with E-state index in [0.29, 0.717) is 10.6 Å². The maximum Gasteiger partial charge on any atom is 0.342 e. The van der Waals surface area contributed by atoms with Gasteiger partial charge in [-0.2, -0.15) is 5.10 Å². The molecule has 2 aromatic rings. The van der Waals surface area contributed by atoms with Crippen LogP contribution in [0.15, 0.2) is 29.2 Å².